The maximum atomic E-state index is 11.7. The van der Waals surface area contributed by atoms with E-state index in [9.17, 15) is 14.9 Å². The summed E-state index contributed by atoms with van der Waals surface area (Å²) < 4.78 is 4.90. The van der Waals surface area contributed by atoms with Crippen LogP contribution in [0.15, 0.2) is 18.2 Å². The van der Waals surface area contributed by atoms with Crippen molar-refractivity contribution >= 4 is 17.3 Å². The predicted molar refractivity (Wildman–Crippen MR) is 64.6 cm³/mol. The smallest absolute Gasteiger partial charge is 0.312 e. The van der Waals surface area contributed by atoms with Gasteiger partial charge in [0.25, 0.3) is 0 Å². The first kappa shape index (κ1) is 12.3. The van der Waals surface area contributed by atoms with E-state index < -0.39 is 11.0 Å². The largest absolute Gasteiger partial charge is 0.490 e. The van der Waals surface area contributed by atoms with Crippen molar-refractivity contribution < 1.29 is 14.5 Å². The third kappa shape index (κ3) is 2.00. The van der Waals surface area contributed by atoms with E-state index in [1.165, 1.54) is 24.1 Å². The van der Waals surface area contributed by atoms with Crippen LogP contribution in [-0.2, 0) is 4.79 Å². The van der Waals surface area contributed by atoms with Crippen LogP contribution in [0, 0.1) is 10.1 Å². The molecule has 1 aliphatic heterocycles. The first-order chi connectivity index (χ1) is 8.54. The Kier molecular flexibility index (Phi) is 3.15. The van der Waals surface area contributed by atoms with Crippen LogP contribution in [-0.4, -0.2) is 30.5 Å². The molecule has 1 aromatic carbocycles. The normalized spacial score (nSPS) is 19.1. The molecule has 96 valence electrons. The highest BCUT2D eigenvalue weighted by atomic mass is 16.6. The van der Waals surface area contributed by atoms with Crippen molar-refractivity contribution in [3.05, 3.63) is 28.3 Å². The summed E-state index contributed by atoms with van der Waals surface area (Å²) in [4.78, 5) is 23.5. The molecule has 0 aliphatic carbocycles. The number of nitro groups is 1. The van der Waals surface area contributed by atoms with Crippen LogP contribution in [0.25, 0.3) is 0 Å². The Balaban J connectivity index is 2.38. The Bertz CT molecular complexity index is 503. The van der Waals surface area contributed by atoms with E-state index in [2.05, 4.69) is 0 Å². The van der Waals surface area contributed by atoms with Crippen molar-refractivity contribution in [2.45, 2.75) is 12.5 Å². The number of hydrogen-bond acceptors (Lipinski definition) is 5. The molecule has 1 saturated heterocycles. The number of benzene rings is 1. The molecule has 18 heavy (non-hydrogen) atoms. The molecular formula is C11H13N3O4. The summed E-state index contributed by atoms with van der Waals surface area (Å²) in [6, 6.07) is 3.90. The van der Waals surface area contributed by atoms with Crippen molar-refractivity contribution in [3.63, 3.8) is 0 Å². The van der Waals surface area contributed by atoms with Gasteiger partial charge in [-0.25, -0.2) is 0 Å². The first-order valence-corrected chi connectivity index (χ1v) is 5.44. The molecule has 7 nitrogen and oxygen atoms in total. The number of hydrogen-bond donors (Lipinski definition) is 1. The van der Waals surface area contributed by atoms with Gasteiger partial charge in [0.2, 0.25) is 5.91 Å². The predicted octanol–water partition coefficient (Wildman–Crippen LogP) is 0.667. The molecule has 1 aromatic rings. The standard InChI is InChI=1S/C11H13N3O4/c1-18-10-3-2-7(6-9(10)14(16)17)13-5-4-8(12)11(13)15/h2-3,6,8H,4-5,12H2,1H3. The Morgan fingerprint density at radius 1 is 1.56 bits per heavy atom. The summed E-state index contributed by atoms with van der Waals surface area (Å²) in [5.41, 5.74) is 5.92. The van der Waals surface area contributed by atoms with Gasteiger partial charge in [-0.1, -0.05) is 0 Å². The zero-order valence-corrected chi connectivity index (χ0v) is 9.83. The summed E-state index contributed by atoms with van der Waals surface area (Å²) in [5, 5.41) is 10.9. The quantitative estimate of drug-likeness (QED) is 0.628. The van der Waals surface area contributed by atoms with E-state index in [1.807, 2.05) is 0 Å². The number of carbonyl (C=O) groups excluding carboxylic acids is 1. The zero-order chi connectivity index (χ0) is 13.3. The van der Waals surface area contributed by atoms with Crippen LogP contribution in [0.5, 0.6) is 5.75 Å². The highest BCUT2D eigenvalue weighted by Gasteiger charge is 2.30. The average molecular weight is 251 g/mol. The molecule has 1 fully saturated rings. The lowest BCUT2D eigenvalue weighted by molar-refractivity contribution is -0.385. The Hall–Kier alpha value is -2.15. The number of ether oxygens (including phenoxy) is 1. The van der Waals surface area contributed by atoms with Gasteiger partial charge in [-0.3, -0.25) is 14.9 Å². The third-order valence-electron chi connectivity index (χ3n) is 2.92. The molecule has 1 amide bonds. The van der Waals surface area contributed by atoms with E-state index in [0.29, 0.717) is 18.7 Å². The molecule has 0 saturated carbocycles. The number of nitro benzene ring substituents is 1. The molecule has 0 bridgehead atoms. The van der Waals surface area contributed by atoms with Gasteiger partial charge in [0.15, 0.2) is 5.75 Å². The molecule has 1 atom stereocenters. The van der Waals surface area contributed by atoms with Gasteiger partial charge in [-0.2, -0.15) is 0 Å². The fourth-order valence-corrected chi connectivity index (χ4v) is 1.95. The maximum absolute atomic E-state index is 11.7. The summed E-state index contributed by atoms with van der Waals surface area (Å²) in [6.45, 7) is 0.476. The van der Waals surface area contributed by atoms with Crippen LogP contribution in [0.2, 0.25) is 0 Å². The third-order valence-corrected chi connectivity index (χ3v) is 2.92. The number of anilines is 1. The summed E-state index contributed by atoms with van der Waals surface area (Å²) in [6.07, 6.45) is 0.554. The molecule has 2 rings (SSSR count). The Labute approximate surface area is 103 Å². The maximum Gasteiger partial charge on any atom is 0.312 e. The van der Waals surface area contributed by atoms with E-state index in [1.54, 1.807) is 6.07 Å². The van der Waals surface area contributed by atoms with Gasteiger partial charge >= 0.3 is 5.69 Å². The van der Waals surface area contributed by atoms with Crippen LogP contribution in [0.3, 0.4) is 0 Å². The first-order valence-electron chi connectivity index (χ1n) is 5.44. The topological polar surface area (TPSA) is 98.7 Å². The van der Waals surface area contributed by atoms with Crippen molar-refractivity contribution in [1.82, 2.24) is 0 Å². The van der Waals surface area contributed by atoms with Crippen molar-refractivity contribution in [2.24, 2.45) is 5.73 Å². The number of carbonyl (C=O) groups is 1. The molecular weight excluding hydrogens is 238 g/mol. The second-order valence-electron chi connectivity index (χ2n) is 4.00. The second kappa shape index (κ2) is 4.61. The van der Waals surface area contributed by atoms with Crippen LogP contribution in [0.4, 0.5) is 11.4 Å². The molecule has 1 aliphatic rings. The van der Waals surface area contributed by atoms with E-state index >= 15 is 0 Å². The van der Waals surface area contributed by atoms with Crippen LogP contribution >= 0.6 is 0 Å². The molecule has 0 aromatic heterocycles. The number of rotatable bonds is 3. The highest BCUT2D eigenvalue weighted by molar-refractivity contribution is 5.99. The SMILES string of the molecule is COc1ccc(N2CCC(N)C2=O)cc1[N+](=O)[O-]. The lowest BCUT2D eigenvalue weighted by Crippen LogP contribution is -2.33. The van der Waals surface area contributed by atoms with E-state index in [4.69, 9.17) is 10.5 Å². The molecule has 1 unspecified atom stereocenters. The van der Waals surface area contributed by atoms with Gasteiger partial charge in [-0.05, 0) is 18.6 Å². The van der Waals surface area contributed by atoms with Crippen LogP contribution in [0.1, 0.15) is 6.42 Å². The lowest BCUT2D eigenvalue weighted by Gasteiger charge is -2.16. The van der Waals surface area contributed by atoms with Gasteiger partial charge in [0, 0.05) is 12.6 Å². The Morgan fingerprint density at radius 2 is 2.28 bits per heavy atom. The van der Waals surface area contributed by atoms with Crippen LogP contribution < -0.4 is 15.4 Å². The fourth-order valence-electron chi connectivity index (χ4n) is 1.95. The molecule has 7 heteroatoms. The van der Waals surface area contributed by atoms with E-state index in [-0.39, 0.29) is 17.3 Å². The molecule has 0 spiro atoms. The number of nitrogens with zero attached hydrogens (tertiary/aromatic N) is 2. The highest BCUT2D eigenvalue weighted by Crippen LogP contribution is 2.32. The van der Waals surface area contributed by atoms with Gasteiger partial charge < -0.3 is 15.4 Å². The summed E-state index contributed by atoms with van der Waals surface area (Å²) >= 11 is 0. The van der Waals surface area contributed by atoms with Crippen molar-refractivity contribution in [1.29, 1.82) is 0 Å². The van der Waals surface area contributed by atoms with Crippen molar-refractivity contribution in [2.75, 3.05) is 18.6 Å². The van der Waals surface area contributed by atoms with Gasteiger partial charge in [0.05, 0.1) is 23.8 Å². The second-order valence-corrected chi connectivity index (χ2v) is 4.00. The van der Waals surface area contributed by atoms with Crippen molar-refractivity contribution in [3.8, 4) is 5.75 Å². The lowest BCUT2D eigenvalue weighted by atomic mass is 10.2. The minimum atomic E-state index is -0.539. The fraction of sp³-hybridized carbons (Fsp3) is 0.364. The molecule has 2 N–H and O–H groups in total. The number of methoxy groups -OCH3 is 1. The average Bonchev–Trinajstić information content (AvgIpc) is 2.69. The molecule has 0 radical (unpaired) electrons. The molecule has 1 heterocycles. The minimum Gasteiger partial charge on any atom is -0.490 e. The van der Waals surface area contributed by atoms with Gasteiger partial charge in [0.1, 0.15) is 0 Å². The monoisotopic (exact) mass is 251 g/mol. The number of amides is 1. The Morgan fingerprint density at radius 3 is 2.78 bits per heavy atom. The number of nitrogens with two attached hydrogens (primary N) is 1. The minimum absolute atomic E-state index is 0.164. The van der Waals surface area contributed by atoms with Gasteiger partial charge in [-0.15, -0.1) is 0 Å². The summed E-state index contributed by atoms with van der Waals surface area (Å²) in [5.74, 6) is -0.0471. The van der Waals surface area contributed by atoms with E-state index in [0.717, 1.165) is 0 Å². The zero-order valence-electron chi connectivity index (χ0n) is 9.83. The summed E-state index contributed by atoms with van der Waals surface area (Å²) in [7, 11) is 1.36.